The molecule has 4 atom stereocenters. The van der Waals surface area contributed by atoms with Gasteiger partial charge in [-0.3, -0.25) is 14.4 Å². The second-order valence-corrected chi connectivity index (χ2v) is 5.81. The van der Waals surface area contributed by atoms with Crippen LogP contribution in [0, 0.1) is 0 Å². The Bertz CT molecular complexity index is 592. The summed E-state index contributed by atoms with van der Waals surface area (Å²) in [7, 11) is 0. The number of rotatable bonds is 8. The van der Waals surface area contributed by atoms with Gasteiger partial charge in [-0.05, 0) is 13.0 Å². The molecule has 0 unspecified atom stereocenters. The lowest BCUT2D eigenvalue weighted by Gasteiger charge is -2.29. The van der Waals surface area contributed by atoms with Crippen LogP contribution in [0.5, 0.6) is 0 Å². The summed E-state index contributed by atoms with van der Waals surface area (Å²) in [4.78, 5) is 45.3. The minimum atomic E-state index is -0.973. The van der Waals surface area contributed by atoms with Crippen molar-refractivity contribution in [3.05, 3.63) is 24.3 Å². The van der Waals surface area contributed by atoms with Crippen molar-refractivity contribution in [2.24, 2.45) is 0 Å². The molecule has 1 rings (SSSR count). The molecule has 144 valence electrons. The molecule has 1 aliphatic heterocycles. The standard InChI is InChI=1S/C18H24O8/c1-11(23-12(2)19)18(25-14(4)21)16(24-13(3)20)9-5-7-15-8-6-10-17(22)26-15/h5-7,10-11,15-16,18H,8-9H2,1-4H3/b7-5+/t11-,15+,16+,18+/m1/s1. The molecule has 26 heavy (non-hydrogen) atoms. The van der Waals surface area contributed by atoms with E-state index in [1.807, 2.05) is 0 Å². The largest absolute Gasteiger partial charge is 0.459 e. The van der Waals surface area contributed by atoms with Crippen LogP contribution in [0.4, 0.5) is 0 Å². The Kier molecular flexibility index (Phi) is 8.54. The number of ether oxygens (including phenoxy) is 4. The van der Waals surface area contributed by atoms with E-state index in [4.69, 9.17) is 18.9 Å². The van der Waals surface area contributed by atoms with Crippen LogP contribution >= 0.6 is 0 Å². The average molecular weight is 368 g/mol. The highest BCUT2D eigenvalue weighted by Crippen LogP contribution is 2.18. The lowest BCUT2D eigenvalue weighted by Crippen LogP contribution is -2.43. The number of esters is 4. The van der Waals surface area contributed by atoms with Crippen molar-refractivity contribution in [1.82, 2.24) is 0 Å². The maximum Gasteiger partial charge on any atom is 0.331 e. The Morgan fingerprint density at radius 2 is 1.77 bits per heavy atom. The molecule has 1 heterocycles. The molecule has 0 saturated heterocycles. The average Bonchev–Trinajstić information content (AvgIpc) is 2.50. The molecule has 8 heteroatoms. The Hall–Kier alpha value is -2.64. The van der Waals surface area contributed by atoms with E-state index < -0.39 is 48.3 Å². The Balaban J connectivity index is 2.86. The molecule has 0 N–H and O–H groups in total. The van der Waals surface area contributed by atoms with Crippen LogP contribution in [-0.4, -0.2) is 48.3 Å². The highest BCUT2D eigenvalue weighted by molar-refractivity contribution is 5.82. The van der Waals surface area contributed by atoms with Gasteiger partial charge in [0.25, 0.3) is 0 Å². The fourth-order valence-electron chi connectivity index (χ4n) is 2.47. The van der Waals surface area contributed by atoms with Crippen molar-refractivity contribution in [2.75, 3.05) is 0 Å². The molecule has 0 aromatic carbocycles. The van der Waals surface area contributed by atoms with E-state index in [2.05, 4.69) is 0 Å². The van der Waals surface area contributed by atoms with Gasteiger partial charge in [0, 0.05) is 39.7 Å². The zero-order chi connectivity index (χ0) is 19.7. The van der Waals surface area contributed by atoms with Crippen molar-refractivity contribution in [2.45, 2.75) is 65.0 Å². The molecular formula is C18H24O8. The summed E-state index contributed by atoms with van der Waals surface area (Å²) in [6, 6.07) is 0. The SMILES string of the molecule is CC(=O)O[C@H]([C@H](C/C=C/[C@H]1CC=CC(=O)O1)OC(C)=O)[C@@H](C)OC(C)=O. The minimum absolute atomic E-state index is 0.181. The molecular weight excluding hydrogens is 344 g/mol. The van der Waals surface area contributed by atoms with Gasteiger partial charge in [0.15, 0.2) is 6.10 Å². The molecule has 0 aromatic rings. The van der Waals surface area contributed by atoms with E-state index >= 15 is 0 Å². The monoisotopic (exact) mass is 368 g/mol. The normalized spacial score (nSPS) is 20.0. The molecule has 8 nitrogen and oxygen atoms in total. The number of hydrogen-bond donors (Lipinski definition) is 0. The third-order valence-corrected chi connectivity index (χ3v) is 3.41. The first kappa shape index (κ1) is 21.4. The van der Waals surface area contributed by atoms with Gasteiger partial charge in [-0.15, -0.1) is 0 Å². The number of hydrogen-bond acceptors (Lipinski definition) is 8. The van der Waals surface area contributed by atoms with Gasteiger partial charge in [-0.1, -0.05) is 12.2 Å². The Morgan fingerprint density at radius 3 is 2.31 bits per heavy atom. The molecule has 1 aliphatic rings. The fourth-order valence-corrected chi connectivity index (χ4v) is 2.47. The van der Waals surface area contributed by atoms with Gasteiger partial charge < -0.3 is 18.9 Å². The number of carbonyl (C=O) groups is 4. The van der Waals surface area contributed by atoms with Gasteiger partial charge in [0.05, 0.1) is 0 Å². The second kappa shape index (κ2) is 10.4. The molecule has 0 radical (unpaired) electrons. The van der Waals surface area contributed by atoms with Crippen LogP contribution in [0.2, 0.25) is 0 Å². The van der Waals surface area contributed by atoms with E-state index in [1.165, 1.54) is 26.8 Å². The summed E-state index contributed by atoms with van der Waals surface area (Å²) < 4.78 is 20.6. The smallest absolute Gasteiger partial charge is 0.331 e. The fraction of sp³-hybridized carbons (Fsp3) is 0.556. The third-order valence-electron chi connectivity index (χ3n) is 3.41. The lowest BCUT2D eigenvalue weighted by molar-refractivity contribution is -0.181. The van der Waals surface area contributed by atoms with E-state index in [9.17, 15) is 19.2 Å². The van der Waals surface area contributed by atoms with Crippen LogP contribution < -0.4 is 0 Å². The van der Waals surface area contributed by atoms with Gasteiger partial charge >= 0.3 is 23.9 Å². The first-order valence-electron chi connectivity index (χ1n) is 8.24. The van der Waals surface area contributed by atoms with E-state index in [1.54, 1.807) is 25.2 Å². The maximum atomic E-state index is 11.4. The number of carbonyl (C=O) groups excluding carboxylic acids is 4. The van der Waals surface area contributed by atoms with Gasteiger partial charge in [0.1, 0.15) is 18.3 Å². The highest BCUT2D eigenvalue weighted by atomic mass is 16.6. The molecule has 0 aromatic heterocycles. The summed E-state index contributed by atoms with van der Waals surface area (Å²) in [5.41, 5.74) is 0. The lowest BCUT2D eigenvalue weighted by atomic mass is 10.0. The van der Waals surface area contributed by atoms with Crippen LogP contribution in [0.15, 0.2) is 24.3 Å². The minimum Gasteiger partial charge on any atom is -0.459 e. The Labute approximate surface area is 152 Å². The van der Waals surface area contributed by atoms with E-state index in [0.29, 0.717) is 6.42 Å². The molecule has 0 amide bonds. The summed E-state index contributed by atoms with van der Waals surface area (Å²) in [5.74, 6) is -2.14. The quantitative estimate of drug-likeness (QED) is 0.361. The van der Waals surface area contributed by atoms with Crippen LogP contribution in [0.3, 0.4) is 0 Å². The second-order valence-electron chi connectivity index (χ2n) is 5.81. The Morgan fingerprint density at radius 1 is 1.15 bits per heavy atom. The molecule has 0 spiro atoms. The summed E-state index contributed by atoms with van der Waals surface area (Å²) in [6.07, 6.45) is 4.04. The predicted molar refractivity (Wildman–Crippen MR) is 89.7 cm³/mol. The van der Waals surface area contributed by atoms with Gasteiger partial charge in [0.2, 0.25) is 0 Å². The molecule has 0 fully saturated rings. The van der Waals surface area contributed by atoms with Crippen LogP contribution in [0.25, 0.3) is 0 Å². The summed E-state index contributed by atoms with van der Waals surface area (Å²) in [6.45, 7) is 5.21. The van der Waals surface area contributed by atoms with Crippen molar-refractivity contribution in [3.8, 4) is 0 Å². The van der Waals surface area contributed by atoms with Crippen molar-refractivity contribution < 1.29 is 38.1 Å². The van der Waals surface area contributed by atoms with E-state index in [0.717, 1.165) is 0 Å². The molecule has 0 saturated carbocycles. The van der Waals surface area contributed by atoms with Crippen molar-refractivity contribution in [3.63, 3.8) is 0 Å². The number of cyclic esters (lactones) is 1. The first-order valence-corrected chi connectivity index (χ1v) is 8.24. The maximum absolute atomic E-state index is 11.4. The highest BCUT2D eigenvalue weighted by Gasteiger charge is 2.33. The third kappa shape index (κ3) is 7.96. The summed E-state index contributed by atoms with van der Waals surface area (Å²) in [5, 5.41) is 0. The molecule has 0 aliphatic carbocycles. The first-order chi connectivity index (χ1) is 12.2. The van der Waals surface area contributed by atoms with Crippen molar-refractivity contribution in [1.29, 1.82) is 0 Å². The van der Waals surface area contributed by atoms with Gasteiger partial charge in [-0.25, -0.2) is 4.79 Å². The zero-order valence-electron chi connectivity index (χ0n) is 15.3. The predicted octanol–water partition coefficient (Wildman–Crippen LogP) is 1.62. The summed E-state index contributed by atoms with van der Waals surface area (Å²) >= 11 is 0. The van der Waals surface area contributed by atoms with Crippen LogP contribution in [-0.2, 0) is 38.1 Å². The zero-order valence-corrected chi connectivity index (χ0v) is 15.3. The van der Waals surface area contributed by atoms with Gasteiger partial charge in [-0.2, -0.15) is 0 Å². The topological polar surface area (TPSA) is 105 Å². The van der Waals surface area contributed by atoms with Crippen LogP contribution in [0.1, 0.15) is 40.5 Å². The molecule has 0 bridgehead atoms. The van der Waals surface area contributed by atoms with E-state index in [-0.39, 0.29) is 6.42 Å². The van der Waals surface area contributed by atoms with Crippen molar-refractivity contribution >= 4 is 23.9 Å².